The molecule has 1 fully saturated rings. The highest BCUT2D eigenvalue weighted by Gasteiger charge is 2.33. The number of ether oxygens (including phenoxy) is 1. The average Bonchev–Trinajstić information content (AvgIpc) is 3.23. The van der Waals surface area contributed by atoms with Crippen LogP contribution in [0.2, 0.25) is 0 Å². The molecule has 0 spiro atoms. The van der Waals surface area contributed by atoms with E-state index in [1.165, 1.54) is 0 Å². The Morgan fingerprint density at radius 2 is 2.28 bits per heavy atom. The van der Waals surface area contributed by atoms with Gasteiger partial charge < -0.3 is 15.4 Å². The van der Waals surface area contributed by atoms with Gasteiger partial charge in [0.2, 0.25) is 5.91 Å². The molecule has 0 saturated heterocycles. The molecule has 0 atom stereocenters. The number of methoxy groups -OCH3 is 1. The summed E-state index contributed by atoms with van der Waals surface area (Å²) in [4.78, 5) is 14.1. The first-order valence-corrected chi connectivity index (χ1v) is 6.41. The highest BCUT2D eigenvalue weighted by Crippen LogP contribution is 2.33. The monoisotopic (exact) mass is 248 g/mol. The molecule has 1 saturated carbocycles. The van der Waals surface area contributed by atoms with E-state index in [0.29, 0.717) is 13.1 Å². The molecule has 4 heteroatoms. The molecule has 0 heterocycles. The van der Waals surface area contributed by atoms with Gasteiger partial charge in [0.05, 0.1) is 7.11 Å². The normalized spacial score (nSPS) is 14.3. The summed E-state index contributed by atoms with van der Waals surface area (Å²) >= 11 is 0. The fourth-order valence-electron chi connectivity index (χ4n) is 1.94. The van der Waals surface area contributed by atoms with Gasteiger partial charge in [0, 0.05) is 24.2 Å². The van der Waals surface area contributed by atoms with Crippen molar-refractivity contribution >= 4 is 11.6 Å². The Morgan fingerprint density at radius 1 is 1.50 bits per heavy atom. The number of amides is 1. The Morgan fingerprint density at radius 3 is 2.89 bits per heavy atom. The largest absolute Gasteiger partial charge is 0.497 e. The summed E-state index contributed by atoms with van der Waals surface area (Å²) in [6, 6.07) is 7.63. The third kappa shape index (κ3) is 3.01. The molecule has 0 radical (unpaired) electrons. The van der Waals surface area contributed by atoms with Crippen molar-refractivity contribution in [2.75, 3.05) is 25.1 Å². The summed E-state index contributed by atoms with van der Waals surface area (Å²) in [6.07, 6.45) is 2.85. The predicted octanol–water partition coefficient (Wildman–Crippen LogP) is 1.79. The molecule has 1 aromatic carbocycles. The van der Waals surface area contributed by atoms with E-state index in [-0.39, 0.29) is 11.8 Å². The standard InChI is InChI=1S/C14H20N2O2/c1-18-13-5-2-4-12(10-13)16(9-3-8-15)14(17)11-6-7-11/h2,4-5,10-11H,3,6-9,15H2,1H3. The number of benzene rings is 1. The highest BCUT2D eigenvalue weighted by molar-refractivity contribution is 5.96. The van der Waals surface area contributed by atoms with Gasteiger partial charge in [-0.2, -0.15) is 0 Å². The molecule has 0 unspecified atom stereocenters. The van der Waals surface area contributed by atoms with Crippen LogP contribution in [0.4, 0.5) is 5.69 Å². The number of nitrogens with two attached hydrogens (primary N) is 1. The average molecular weight is 248 g/mol. The van der Waals surface area contributed by atoms with E-state index < -0.39 is 0 Å². The predicted molar refractivity (Wildman–Crippen MR) is 71.7 cm³/mol. The minimum atomic E-state index is 0.217. The fourth-order valence-corrected chi connectivity index (χ4v) is 1.94. The van der Waals surface area contributed by atoms with Crippen molar-refractivity contribution in [2.45, 2.75) is 19.3 Å². The van der Waals surface area contributed by atoms with Crippen LogP contribution in [0.3, 0.4) is 0 Å². The van der Waals surface area contributed by atoms with Crippen LogP contribution in [0.25, 0.3) is 0 Å². The third-order valence-electron chi connectivity index (χ3n) is 3.14. The zero-order valence-corrected chi connectivity index (χ0v) is 10.8. The molecule has 0 aromatic heterocycles. The zero-order valence-electron chi connectivity index (χ0n) is 10.8. The van der Waals surface area contributed by atoms with E-state index >= 15 is 0 Å². The lowest BCUT2D eigenvalue weighted by atomic mass is 10.2. The van der Waals surface area contributed by atoms with Crippen molar-refractivity contribution < 1.29 is 9.53 Å². The number of hydrogen-bond donors (Lipinski definition) is 1. The van der Waals surface area contributed by atoms with Crippen molar-refractivity contribution in [1.82, 2.24) is 0 Å². The lowest BCUT2D eigenvalue weighted by Gasteiger charge is -2.23. The number of carbonyl (C=O) groups is 1. The summed E-state index contributed by atoms with van der Waals surface area (Å²) in [5, 5.41) is 0. The lowest BCUT2D eigenvalue weighted by molar-refractivity contribution is -0.119. The molecule has 0 bridgehead atoms. The molecule has 1 aliphatic rings. The molecule has 2 N–H and O–H groups in total. The second kappa shape index (κ2) is 5.87. The number of rotatable bonds is 6. The Kier molecular flexibility index (Phi) is 4.20. The zero-order chi connectivity index (χ0) is 13.0. The summed E-state index contributed by atoms with van der Waals surface area (Å²) in [5.41, 5.74) is 6.44. The molecule has 98 valence electrons. The molecule has 1 aromatic rings. The lowest BCUT2D eigenvalue weighted by Crippen LogP contribution is -2.34. The van der Waals surface area contributed by atoms with Crippen molar-refractivity contribution in [3.63, 3.8) is 0 Å². The quantitative estimate of drug-likeness (QED) is 0.835. The van der Waals surface area contributed by atoms with Crippen molar-refractivity contribution in [1.29, 1.82) is 0 Å². The summed E-state index contributed by atoms with van der Waals surface area (Å²) in [7, 11) is 1.63. The smallest absolute Gasteiger partial charge is 0.230 e. The van der Waals surface area contributed by atoms with Crippen LogP contribution in [0.15, 0.2) is 24.3 Å². The highest BCUT2D eigenvalue weighted by atomic mass is 16.5. The maximum Gasteiger partial charge on any atom is 0.230 e. The van der Waals surface area contributed by atoms with Gasteiger partial charge in [-0.15, -0.1) is 0 Å². The Bertz CT molecular complexity index is 416. The molecule has 2 rings (SSSR count). The first-order valence-electron chi connectivity index (χ1n) is 6.41. The van der Waals surface area contributed by atoms with Crippen molar-refractivity contribution in [3.05, 3.63) is 24.3 Å². The minimum Gasteiger partial charge on any atom is -0.497 e. The van der Waals surface area contributed by atoms with E-state index in [2.05, 4.69) is 0 Å². The summed E-state index contributed by atoms with van der Waals surface area (Å²) in [5.74, 6) is 1.21. The molecule has 1 amide bonds. The van der Waals surface area contributed by atoms with Crippen LogP contribution >= 0.6 is 0 Å². The van der Waals surface area contributed by atoms with Crippen LogP contribution in [-0.2, 0) is 4.79 Å². The third-order valence-corrected chi connectivity index (χ3v) is 3.14. The molecule has 0 aliphatic heterocycles. The molecule has 18 heavy (non-hydrogen) atoms. The van der Waals surface area contributed by atoms with E-state index in [9.17, 15) is 4.79 Å². The SMILES string of the molecule is COc1cccc(N(CCCN)C(=O)C2CC2)c1. The summed E-state index contributed by atoms with van der Waals surface area (Å²) in [6.45, 7) is 1.28. The van der Waals surface area contributed by atoms with Crippen molar-refractivity contribution in [3.8, 4) is 5.75 Å². The van der Waals surface area contributed by atoms with Gasteiger partial charge in [-0.1, -0.05) is 6.07 Å². The van der Waals surface area contributed by atoms with Gasteiger partial charge in [0.15, 0.2) is 0 Å². The Hall–Kier alpha value is -1.55. The van der Waals surface area contributed by atoms with Gasteiger partial charge in [0.1, 0.15) is 5.75 Å². The minimum absolute atomic E-state index is 0.217. The fraction of sp³-hybridized carbons (Fsp3) is 0.500. The second-order valence-electron chi connectivity index (χ2n) is 4.61. The van der Waals surface area contributed by atoms with Crippen LogP contribution in [0.5, 0.6) is 5.75 Å². The molecule has 1 aliphatic carbocycles. The van der Waals surface area contributed by atoms with Gasteiger partial charge >= 0.3 is 0 Å². The maximum atomic E-state index is 12.3. The van der Waals surface area contributed by atoms with E-state index in [4.69, 9.17) is 10.5 Å². The van der Waals surface area contributed by atoms with Gasteiger partial charge in [-0.05, 0) is 37.9 Å². The van der Waals surface area contributed by atoms with Crippen LogP contribution in [0.1, 0.15) is 19.3 Å². The van der Waals surface area contributed by atoms with E-state index in [1.54, 1.807) is 7.11 Å². The Labute approximate surface area is 108 Å². The molecular weight excluding hydrogens is 228 g/mol. The number of carbonyl (C=O) groups excluding carboxylic acids is 1. The van der Waals surface area contributed by atoms with Crippen LogP contribution < -0.4 is 15.4 Å². The maximum absolute atomic E-state index is 12.3. The van der Waals surface area contributed by atoms with Crippen LogP contribution in [0, 0.1) is 5.92 Å². The van der Waals surface area contributed by atoms with Gasteiger partial charge in [-0.3, -0.25) is 4.79 Å². The first kappa shape index (κ1) is 12.9. The van der Waals surface area contributed by atoms with E-state index in [0.717, 1.165) is 30.7 Å². The second-order valence-corrected chi connectivity index (χ2v) is 4.61. The molecular formula is C14H20N2O2. The van der Waals surface area contributed by atoms with Gasteiger partial charge in [-0.25, -0.2) is 0 Å². The summed E-state index contributed by atoms with van der Waals surface area (Å²) < 4.78 is 5.20. The van der Waals surface area contributed by atoms with Crippen molar-refractivity contribution in [2.24, 2.45) is 11.7 Å². The van der Waals surface area contributed by atoms with Gasteiger partial charge in [0.25, 0.3) is 0 Å². The molecule has 4 nitrogen and oxygen atoms in total. The topological polar surface area (TPSA) is 55.6 Å². The number of hydrogen-bond acceptors (Lipinski definition) is 3. The first-order chi connectivity index (χ1) is 8.76. The van der Waals surface area contributed by atoms with Crippen LogP contribution in [-0.4, -0.2) is 26.1 Å². The Balaban J connectivity index is 2.17. The number of nitrogens with zero attached hydrogens (tertiary/aromatic N) is 1. The van der Waals surface area contributed by atoms with E-state index in [1.807, 2.05) is 29.2 Å². The number of anilines is 1.